The van der Waals surface area contributed by atoms with Crippen molar-refractivity contribution in [3.63, 3.8) is 0 Å². The van der Waals surface area contributed by atoms with Crippen molar-refractivity contribution in [1.82, 2.24) is 4.57 Å². The molecule has 4 nitrogen and oxygen atoms in total. The van der Waals surface area contributed by atoms with Crippen LogP contribution in [0.5, 0.6) is 5.75 Å². The van der Waals surface area contributed by atoms with E-state index in [1.807, 2.05) is 32.0 Å². The predicted molar refractivity (Wildman–Crippen MR) is 75.7 cm³/mol. The minimum absolute atomic E-state index is 0.0259. The Morgan fingerprint density at radius 3 is 2.79 bits per heavy atom. The number of fused-ring (bicyclic) bond motifs is 1. The lowest BCUT2D eigenvalue weighted by molar-refractivity contribution is 0.243. The van der Waals surface area contributed by atoms with Gasteiger partial charge in [0.05, 0.1) is 6.10 Å². The molecule has 19 heavy (non-hydrogen) atoms. The molecule has 0 unspecified atom stereocenters. The van der Waals surface area contributed by atoms with E-state index < -0.39 is 0 Å². The van der Waals surface area contributed by atoms with Crippen molar-refractivity contribution >= 4 is 10.8 Å². The third kappa shape index (κ3) is 3.15. The van der Waals surface area contributed by atoms with Crippen LogP contribution in [0.25, 0.3) is 10.8 Å². The highest BCUT2D eigenvalue weighted by Gasteiger charge is 2.05. The van der Waals surface area contributed by atoms with Crippen LogP contribution in [0.1, 0.15) is 20.3 Å². The third-order valence-corrected chi connectivity index (χ3v) is 2.88. The van der Waals surface area contributed by atoms with Crippen molar-refractivity contribution in [3.8, 4) is 5.75 Å². The molecule has 1 aromatic carbocycles. The van der Waals surface area contributed by atoms with E-state index in [1.54, 1.807) is 16.8 Å². The van der Waals surface area contributed by atoms with Crippen molar-refractivity contribution in [1.29, 1.82) is 0 Å². The molecule has 0 aliphatic carbocycles. The van der Waals surface area contributed by atoms with Crippen LogP contribution < -0.4 is 10.3 Å². The number of hydrogen-bond donors (Lipinski definition) is 1. The monoisotopic (exact) mass is 261 g/mol. The number of hydrogen-bond acceptors (Lipinski definition) is 3. The van der Waals surface area contributed by atoms with E-state index in [0.29, 0.717) is 18.4 Å². The number of aliphatic hydroxyl groups is 1. The average molecular weight is 261 g/mol. The van der Waals surface area contributed by atoms with Crippen molar-refractivity contribution in [2.24, 2.45) is 0 Å². The summed E-state index contributed by atoms with van der Waals surface area (Å²) in [6, 6.07) is 7.40. The largest absolute Gasteiger partial charge is 0.491 e. The summed E-state index contributed by atoms with van der Waals surface area (Å²) in [5.41, 5.74) is -0.0259. The molecule has 0 radical (unpaired) electrons. The maximum Gasteiger partial charge on any atom is 0.258 e. The van der Waals surface area contributed by atoms with Crippen LogP contribution in [0.2, 0.25) is 0 Å². The minimum atomic E-state index is -0.0259. The first-order valence-electron chi connectivity index (χ1n) is 6.52. The lowest BCUT2D eigenvalue weighted by Crippen LogP contribution is -2.20. The molecule has 1 heterocycles. The van der Waals surface area contributed by atoms with Crippen molar-refractivity contribution < 1.29 is 9.84 Å². The summed E-state index contributed by atoms with van der Waals surface area (Å²) < 4.78 is 7.24. The van der Waals surface area contributed by atoms with Gasteiger partial charge in [0.1, 0.15) is 5.75 Å². The van der Waals surface area contributed by atoms with E-state index in [0.717, 1.165) is 11.1 Å². The van der Waals surface area contributed by atoms with E-state index in [9.17, 15) is 4.79 Å². The number of nitrogens with zero attached hydrogens (tertiary/aromatic N) is 1. The number of aromatic nitrogens is 1. The predicted octanol–water partition coefficient (Wildman–Crippen LogP) is 2.17. The fourth-order valence-electron chi connectivity index (χ4n) is 2.03. The van der Waals surface area contributed by atoms with E-state index >= 15 is 0 Å². The molecule has 1 N–H and O–H groups in total. The first kappa shape index (κ1) is 13.6. The average Bonchev–Trinajstić information content (AvgIpc) is 2.37. The standard InChI is InChI=1S/C15H19NO3/c1-11(2)19-13-4-5-14-12(10-13)6-8-16(15(14)18)7-3-9-17/h4-6,8,10-11,17H,3,7,9H2,1-2H3. The van der Waals surface area contributed by atoms with E-state index in [-0.39, 0.29) is 18.3 Å². The molecule has 1 aromatic heterocycles. The fourth-order valence-corrected chi connectivity index (χ4v) is 2.03. The maximum atomic E-state index is 12.2. The lowest BCUT2D eigenvalue weighted by atomic mass is 10.1. The van der Waals surface area contributed by atoms with Gasteiger partial charge in [-0.15, -0.1) is 0 Å². The molecule has 0 amide bonds. The van der Waals surface area contributed by atoms with Crippen molar-refractivity contribution in [2.75, 3.05) is 6.61 Å². The number of aryl methyl sites for hydroxylation is 1. The lowest BCUT2D eigenvalue weighted by Gasteiger charge is -2.11. The zero-order valence-corrected chi connectivity index (χ0v) is 11.3. The zero-order chi connectivity index (χ0) is 13.8. The van der Waals surface area contributed by atoms with E-state index in [4.69, 9.17) is 9.84 Å². The molecule has 0 aliphatic heterocycles. The second-order valence-electron chi connectivity index (χ2n) is 4.81. The summed E-state index contributed by atoms with van der Waals surface area (Å²) in [6.07, 6.45) is 2.46. The summed E-state index contributed by atoms with van der Waals surface area (Å²) in [4.78, 5) is 12.2. The summed E-state index contributed by atoms with van der Waals surface area (Å²) in [7, 11) is 0. The van der Waals surface area contributed by atoms with Crippen molar-refractivity contribution in [2.45, 2.75) is 32.9 Å². The SMILES string of the molecule is CC(C)Oc1ccc2c(=O)n(CCCO)ccc2c1. The zero-order valence-electron chi connectivity index (χ0n) is 11.3. The first-order chi connectivity index (χ1) is 9.11. The van der Waals surface area contributed by atoms with E-state index in [1.165, 1.54) is 0 Å². The smallest absolute Gasteiger partial charge is 0.258 e. The molecule has 0 fully saturated rings. The van der Waals surface area contributed by atoms with E-state index in [2.05, 4.69) is 0 Å². The van der Waals surface area contributed by atoms with Gasteiger partial charge >= 0.3 is 0 Å². The van der Waals surface area contributed by atoms with Crippen LogP contribution in [0.4, 0.5) is 0 Å². The normalized spacial score (nSPS) is 11.2. The summed E-state index contributed by atoms with van der Waals surface area (Å²) in [5, 5.41) is 10.4. The van der Waals surface area contributed by atoms with Crippen LogP contribution in [0.15, 0.2) is 35.3 Å². The van der Waals surface area contributed by atoms with Crippen molar-refractivity contribution in [3.05, 3.63) is 40.8 Å². The molecule has 0 atom stereocenters. The molecular formula is C15H19NO3. The highest BCUT2D eigenvalue weighted by Crippen LogP contribution is 2.19. The number of benzene rings is 1. The van der Waals surface area contributed by atoms with Gasteiger partial charge < -0.3 is 14.4 Å². The Labute approximate surface area is 112 Å². The van der Waals surface area contributed by atoms with Crippen LogP contribution in [-0.4, -0.2) is 22.4 Å². The Balaban J connectivity index is 2.39. The maximum absolute atomic E-state index is 12.2. The molecule has 102 valence electrons. The number of ether oxygens (including phenoxy) is 1. The van der Waals surface area contributed by atoms with Gasteiger partial charge in [-0.1, -0.05) is 0 Å². The van der Waals surface area contributed by atoms with Gasteiger partial charge in [0.25, 0.3) is 5.56 Å². The molecule has 4 heteroatoms. The minimum Gasteiger partial charge on any atom is -0.491 e. The van der Waals surface area contributed by atoms with Crippen LogP contribution in [-0.2, 0) is 6.54 Å². The summed E-state index contributed by atoms with van der Waals surface area (Å²) >= 11 is 0. The Morgan fingerprint density at radius 2 is 2.11 bits per heavy atom. The molecule has 0 saturated carbocycles. The second kappa shape index (κ2) is 5.89. The number of aliphatic hydroxyl groups excluding tert-OH is 1. The molecule has 0 aliphatic rings. The molecule has 2 aromatic rings. The Kier molecular flexibility index (Phi) is 4.22. The number of rotatable bonds is 5. The van der Waals surface area contributed by atoms with Gasteiger partial charge in [0.15, 0.2) is 0 Å². The van der Waals surface area contributed by atoms with Gasteiger partial charge in [0.2, 0.25) is 0 Å². The first-order valence-corrected chi connectivity index (χ1v) is 6.52. The highest BCUT2D eigenvalue weighted by molar-refractivity contribution is 5.82. The van der Waals surface area contributed by atoms with Gasteiger partial charge in [-0.3, -0.25) is 4.79 Å². The summed E-state index contributed by atoms with van der Waals surface area (Å²) in [5.74, 6) is 0.773. The molecule has 0 bridgehead atoms. The van der Waals surface area contributed by atoms with Crippen LogP contribution in [0.3, 0.4) is 0 Å². The van der Waals surface area contributed by atoms with Crippen LogP contribution >= 0.6 is 0 Å². The van der Waals surface area contributed by atoms with Gasteiger partial charge in [-0.05, 0) is 49.9 Å². The summed E-state index contributed by atoms with van der Waals surface area (Å²) in [6.45, 7) is 4.56. The molecular weight excluding hydrogens is 242 g/mol. The second-order valence-corrected chi connectivity index (χ2v) is 4.81. The Hall–Kier alpha value is -1.81. The highest BCUT2D eigenvalue weighted by atomic mass is 16.5. The van der Waals surface area contributed by atoms with Gasteiger partial charge in [-0.2, -0.15) is 0 Å². The molecule has 0 spiro atoms. The molecule has 2 rings (SSSR count). The fraction of sp³-hybridized carbons (Fsp3) is 0.400. The third-order valence-electron chi connectivity index (χ3n) is 2.88. The van der Waals surface area contributed by atoms with Crippen LogP contribution in [0, 0.1) is 0 Å². The Morgan fingerprint density at radius 1 is 1.32 bits per heavy atom. The van der Waals surface area contributed by atoms with Gasteiger partial charge in [-0.25, -0.2) is 0 Å². The molecule has 0 saturated heterocycles. The number of pyridine rings is 1. The Bertz CT molecular complexity index is 616. The quantitative estimate of drug-likeness (QED) is 0.897. The topological polar surface area (TPSA) is 51.5 Å². The van der Waals surface area contributed by atoms with Gasteiger partial charge in [0, 0.05) is 24.7 Å².